The first-order valence-corrected chi connectivity index (χ1v) is 8.57. The molecule has 26 heavy (non-hydrogen) atoms. The number of hydrogen-bond donors (Lipinski definition) is 2. The predicted octanol–water partition coefficient (Wildman–Crippen LogP) is 1.98. The van der Waals surface area contributed by atoms with Crippen molar-refractivity contribution in [1.82, 2.24) is 0 Å². The number of ether oxygens (including phenoxy) is 2. The summed E-state index contributed by atoms with van der Waals surface area (Å²) >= 11 is 0. The minimum Gasteiger partial charge on any atom is -0.455 e. The fraction of sp³-hybridized carbons (Fsp3) is 0.500. The van der Waals surface area contributed by atoms with Gasteiger partial charge in [0.05, 0.1) is 12.0 Å². The number of rotatable bonds is 2. The number of aliphatic hydroxyl groups is 2. The van der Waals surface area contributed by atoms with Gasteiger partial charge in [0.2, 0.25) is 0 Å². The smallest absolute Gasteiger partial charge is 0.334 e. The average molecular weight is 362 g/mol. The van der Waals surface area contributed by atoms with Crippen LogP contribution in [0.4, 0.5) is 0 Å². The highest BCUT2D eigenvalue weighted by molar-refractivity contribution is 5.91. The summed E-state index contributed by atoms with van der Waals surface area (Å²) in [5.74, 6) is -1.91. The lowest BCUT2D eigenvalue weighted by molar-refractivity contribution is -0.152. The van der Waals surface area contributed by atoms with E-state index in [1.165, 1.54) is 12.2 Å². The molecule has 1 aliphatic carbocycles. The van der Waals surface area contributed by atoms with E-state index in [-0.39, 0.29) is 5.57 Å². The van der Waals surface area contributed by atoms with Crippen molar-refractivity contribution in [3.05, 3.63) is 47.1 Å². The van der Waals surface area contributed by atoms with E-state index in [4.69, 9.17) is 9.47 Å². The first-order chi connectivity index (χ1) is 12.1. The van der Waals surface area contributed by atoms with Crippen molar-refractivity contribution in [2.75, 3.05) is 0 Å². The van der Waals surface area contributed by atoms with Gasteiger partial charge in [0, 0.05) is 11.6 Å². The minimum absolute atomic E-state index is 0.155. The first-order valence-electron chi connectivity index (χ1n) is 8.57. The molecule has 0 spiro atoms. The van der Waals surface area contributed by atoms with Crippen LogP contribution in [0.3, 0.4) is 0 Å². The summed E-state index contributed by atoms with van der Waals surface area (Å²) in [4.78, 5) is 24.2. The number of carbonyl (C=O) groups excluding carboxylic acids is 2. The SMILES string of the molecule is C=C1C(=O)O[C@@H]2/C=C(\C)C[C@@H](O)/C=C(\C)[C@H](O)[C@H](OC(=O)C=C(C)C)[C@@H]12. The van der Waals surface area contributed by atoms with Crippen LogP contribution in [0, 0.1) is 5.92 Å². The fourth-order valence-electron chi connectivity index (χ4n) is 3.27. The maximum atomic E-state index is 12.2. The largest absolute Gasteiger partial charge is 0.455 e. The molecule has 0 bridgehead atoms. The Balaban J connectivity index is 2.49. The second-order valence-electron chi connectivity index (χ2n) is 7.18. The van der Waals surface area contributed by atoms with Crippen molar-refractivity contribution in [3.8, 4) is 0 Å². The van der Waals surface area contributed by atoms with Crippen molar-refractivity contribution in [3.63, 3.8) is 0 Å². The lowest BCUT2D eigenvalue weighted by Crippen LogP contribution is -2.42. The van der Waals surface area contributed by atoms with Gasteiger partial charge in [-0.1, -0.05) is 23.8 Å². The molecule has 6 heteroatoms. The van der Waals surface area contributed by atoms with Gasteiger partial charge in [-0.15, -0.1) is 0 Å². The number of allylic oxidation sites excluding steroid dienone is 1. The standard InChI is InChI=1S/C20H26O6/c1-10(2)6-16(22)26-19-17-13(5)20(24)25-15(17)8-11(3)7-14(21)9-12(4)18(19)23/h6,8-9,14-15,17-19,21,23H,5,7H2,1-4H3/b11-8+,12-9+/t14-,15-,17+,18+,19-/m1/s1. The van der Waals surface area contributed by atoms with Gasteiger partial charge >= 0.3 is 11.9 Å². The highest BCUT2D eigenvalue weighted by atomic mass is 16.6. The molecule has 0 aromatic heterocycles. The summed E-state index contributed by atoms with van der Waals surface area (Å²) in [6.07, 6.45) is 1.13. The van der Waals surface area contributed by atoms with Crippen LogP contribution in [0.25, 0.3) is 0 Å². The lowest BCUT2D eigenvalue weighted by Gasteiger charge is -2.31. The van der Waals surface area contributed by atoms with E-state index < -0.39 is 42.3 Å². The van der Waals surface area contributed by atoms with E-state index in [1.807, 2.05) is 6.92 Å². The zero-order valence-electron chi connectivity index (χ0n) is 15.6. The van der Waals surface area contributed by atoms with Crippen molar-refractivity contribution in [2.24, 2.45) is 5.92 Å². The summed E-state index contributed by atoms with van der Waals surface area (Å²) in [5.41, 5.74) is 2.18. The molecule has 1 heterocycles. The van der Waals surface area contributed by atoms with Crippen LogP contribution in [-0.2, 0) is 19.1 Å². The van der Waals surface area contributed by atoms with E-state index in [0.717, 1.165) is 11.1 Å². The number of fused-ring (bicyclic) bond motifs is 1. The molecule has 2 rings (SSSR count). The van der Waals surface area contributed by atoms with E-state index in [9.17, 15) is 19.8 Å². The minimum atomic E-state index is -1.20. The molecule has 0 aromatic rings. The Hall–Kier alpha value is -2.18. The Morgan fingerprint density at radius 2 is 1.96 bits per heavy atom. The first kappa shape index (κ1) is 20.1. The summed E-state index contributed by atoms with van der Waals surface area (Å²) in [6, 6.07) is 0. The monoisotopic (exact) mass is 362 g/mol. The highest BCUT2D eigenvalue weighted by Crippen LogP contribution is 2.36. The van der Waals surface area contributed by atoms with Gasteiger partial charge in [-0.3, -0.25) is 0 Å². The average Bonchev–Trinajstić information content (AvgIpc) is 2.76. The number of carbonyl (C=O) groups is 2. The molecule has 1 saturated heterocycles. The van der Waals surface area contributed by atoms with Crippen molar-refractivity contribution in [2.45, 2.75) is 58.5 Å². The Morgan fingerprint density at radius 3 is 2.58 bits per heavy atom. The van der Waals surface area contributed by atoms with Gasteiger partial charge in [0.15, 0.2) is 0 Å². The molecule has 5 atom stereocenters. The number of aliphatic hydroxyl groups excluding tert-OH is 2. The van der Waals surface area contributed by atoms with E-state index in [1.54, 1.807) is 26.8 Å². The molecule has 0 radical (unpaired) electrons. The number of esters is 2. The maximum Gasteiger partial charge on any atom is 0.334 e. The third-order valence-corrected chi connectivity index (χ3v) is 4.49. The van der Waals surface area contributed by atoms with Gasteiger partial charge in [-0.25, -0.2) is 9.59 Å². The van der Waals surface area contributed by atoms with Crippen molar-refractivity contribution >= 4 is 11.9 Å². The molecule has 6 nitrogen and oxygen atoms in total. The molecule has 0 unspecified atom stereocenters. The second kappa shape index (κ2) is 8.01. The molecule has 2 N–H and O–H groups in total. The van der Waals surface area contributed by atoms with E-state index in [0.29, 0.717) is 12.0 Å². The summed E-state index contributed by atoms with van der Waals surface area (Å²) in [7, 11) is 0. The Morgan fingerprint density at radius 1 is 1.31 bits per heavy atom. The van der Waals surface area contributed by atoms with Crippen LogP contribution in [0.5, 0.6) is 0 Å². The number of hydrogen-bond acceptors (Lipinski definition) is 6. The third-order valence-electron chi connectivity index (χ3n) is 4.49. The maximum absolute atomic E-state index is 12.2. The molecule has 0 aromatic carbocycles. The Kier molecular flexibility index (Phi) is 6.21. The predicted molar refractivity (Wildman–Crippen MR) is 96.0 cm³/mol. The topological polar surface area (TPSA) is 93.1 Å². The molecule has 0 amide bonds. The molecular weight excluding hydrogens is 336 g/mol. The van der Waals surface area contributed by atoms with Gasteiger partial charge in [0.1, 0.15) is 18.3 Å². The highest BCUT2D eigenvalue weighted by Gasteiger charge is 2.47. The van der Waals surface area contributed by atoms with Crippen LogP contribution in [-0.4, -0.2) is 46.6 Å². The molecular formula is C20H26O6. The Bertz CT molecular complexity index is 695. The second-order valence-corrected chi connectivity index (χ2v) is 7.18. The molecule has 1 fully saturated rings. The van der Waals surface area contributed by atoms with Gasteiger partial charge in [-0.2, -0.15) is 0 Å². The van der Waals surface area contributed by atoms with Gasteiger partial charge in [-0.05, 0) is 45.8 Å². The van der Waals surface area contributed by atoms with Crippen LogP contribution in [0.2, 0.25) is 0 Å². The van der Waals surface area contributed by atoms with Gasteiger partial charge < -0.3 is 19.7 Å². The summed E-state index contributed by atoms with van der Waals surface area (Å²) < 4.78 is 10.9. The molecule has 142 valence electrons. The van der Waals surface area contributed by atoms with E-state index in [2.05, 4.69) is 6.58 Å². The van der Waals surface area contributed by atoms with Crippen LogP contribution < -0.4 is 0 Å². The van der Waals surface area contributed by atoms with Crippen molar-refractivity contribution in [1.29, 1.82) is 0 Å². The lowest BCUT2D eigenvalue weighted by atomic mass is 9.83. The molecule has 0 saturated carbocycles. The van der Waals surface area contributed by atoms with Crippen LogP contribution in [0.1, 0.15) is 34.1 Å². The van der Waals surface area contributed by atoms with Crippen LogP contribution >= 0.6 is 0 Å². The Labute approximate surface area is 153 Å². The zero-order valence-corrected chi connectivity index (χ0v) is 15.6. The van der Waals surface area contributed by atoms with Crippen LogP contribution in [0.15, 0.2) is 47.1 Å². The van der Waals surface area contributed by atoms with E-state index >= 15 is 0 Å². The van der Waals surface area contributed by atoms with Crippen molar-refractivity contribution < 1.29 is 29.3 Å². The normalized spacial score (nSPS) is 36.0. The molecule has 2 aliphatic rings. The molecule has 1 aliphatic heterocycles. The van der Waals surface area contributed by atoms with Gasteiger partial charge in [0.25, 0.3) is 0 Å². The zero-order chi connectivity index (χ0) is 19.6. The quantitative estimate of drug-likeness (QED) is 0.443. The third kappa shape index (κ3) is 4.51. The summed E-state index contributed by atoms with van der Waals surface area (Å²) in [5, 5.41) is 20.9. The summed E-state index contributed by atoms with van der Waals surface area (Å²) in [6.45, 7) is 10.7. The fourth-order valence-corrected chi connectivity index (χ4v) is 3.27.